The molecular weight excluding hydrogens is 520 g/mol. The quantitative estimate of drug-likeness (QED) is 0.192. The highest BCUT2D eigenvalue weighted by Gasteiger charge is 2.18. The van der Waals surface area contributed by atoms with Gasteiger partial charge in [0.15, 0.2) is 0 Å². The van der Waals surface area contributed by atoms with Crippen molar-refractivity contribution in [3.05, 3.63) is 157 Å². The van der Waals surface area contributed by atoms with Gasteiger partial charge < -0.3 is 4.42 Å². The fourth-order valence-corrected chi connectivity index (χ4v) is 5.24. The lowest BCUT2D eigenvalue weighted by molar-refractivity contribution is 0.669. The lowest BCUT2D eigenvalue weighted by Gasteiger charge is -2.19. The molecule has 9 rings (SSSR count). The molecule has 0 saturated carbocycles. The highest BCUT2D eigenvalue weighted by Crippen LogP contribution is 2.46. The molecule has 200 valence electrons. The Bertz CT molecular complexity index is 3860. The summed E-state index contributed by atoms with van der Waals surface area (Å²) < 4.78 is 238. The van der Waals surface area contributed by atoms with E-state index in [-0.39, 0.29) is 0 Å². The van der Waals surface area contributed by atoms with Gasteiger partial charge in [-0.05, 0) is 83.8 Å². The minimum atomic E-state index is -1.05. The fourth-order valence-electron chi connectivity index (χ4n) is 5.24. The average molecular weight is 573 g/mol. The van der Waals surface area contributed by atoms with E-state index in [0.717, 1.165) is 0 Å². The summed E-state index contributed by atoms with van der Waals surface area (Å²) in [5.41, 5.74) is -5.49. The molecule has 0 aliphatic heterocycles. The van der Waals surface area contributed by atoms with Crippen LogP contribution in [-0.2, 0) is 0 Å². The maximum atomic E-state index is 9.48. The Morgan fingerprint density at radius 2 is 0.837 bits per heavy atom. The molecule has 0 bridgehead atoms. The van der Waals surface area contributed by atoms with Crippen LogP contribution < -0.4 is 0 Å². The van der Waals surface area contributed by atoms with Crippen LogP contribution in [0.5, 0.6) is 0 Å². The Labute approximate surface area is 285 Å². The predicted octanol–water partition coefficient (Wildman–Crippen LogP) is 12.0. The average Bonchev–Trinajstić information content (AvgIpc) is 3.74. The third kappa shape index (κ3) is 3.65. The molecule has 0 N–H and O–H groups in total. The molecule has 1 heterocycles. The Morgan fingerprint density at radius 3 is 1.53 bits per heavy atom. The van der Waals surface area contributed by atoms with Crippen molar-refractivity contribution in [2.24, 2.45) is 0 Å². The first-order chi connectivity index (χ1) is 32.2. The van der Waals surface area contributed by atoms with E-state index in [1.165, 1.54) is 0 Å². The van der Waals surface area contributed by atoms with Crippen molar-refractivity contribution in [2.45, 2.75) is 0 Å². The van der Waals surface area contributed by atoms with Gasteiger partial charge in [0.05, 0.1) is 35.6 Å². The first-order valence-electron chi connectivity index (χ1n) is 25.7. The van der Waals surface area contributed by atoms with E-state index in [1.807, 2.05) is 0 Å². The number of benzene rings is 8. The highest BCUT2D eigenvalue weighted by molar-refractivity contribution is 6.24. The Kier molecular flexibility index (Phi) is 2.13. The lowest BCUT2D eigenvalue weighted by atomic mass is 9.84. The molecule has 0 atom stereocenters. The van der Waals surface area contributed by atoms with E-state index in [2.05, 4.69) is 0 Å². The largest absolute Gasteiger partial charge is 0.456 e. The number of rotatable bonds is 3. The summed E-state index contributed by atoms with van der Waals surface area (Å²) in [6, 6.07) is -24.0. The van der Waals surface area contributed by atoms with Gasteiger partial charge in [-0.3, -0.25) is 0 Å². The zero-order valence-electron chi connectivity index (χ0n) is 47.4. The van der Waals surface area contributed by atoms with E-state index in [9.17, 15) is 15.1 Å². The number of furan rings is 1. The second-order valence-electron chi connectivity index (χ2n) is 9.26. The number of hydrogen-bond acceptors (Lipinski definition) is 1. The summed E-state index contributed by atoms with van der Waals surface area (Å²) >= 11 is 0. The van der Waals surface area contributed by atoms with Gasteiger partial charge in [0.1, 0.15) is 11.2 Å². The summed E-state index contributed by atoms with van der Waals surface area (Å²) in [7, 11) is 0. The van der Waals surface area contributed by atoms with Gasteiger partial charge in [0.2, 0.25) is 0 Å². The van der Waals surface area contributed by atoms with Crippen LogP contribution in [0.3, 0.4) is 0 Å². The first kappa shape index (κ1) is 9.69. The Morgan fingerprint density at radius 1 is 0.326 bits per heavy atom. The van der Waals surface area contributed by atoms with Crippen molar-refractivity contribution in [1.82, 2.24) is 0 Å². The van der Waals surface area contributed by atoms with Gasteiger partial charge >= 0.3 is 0 Å². The summed E-state index contributed by atoms with van der Waals surface area (Å²) in [6.45, 7) is 0. The van der Waals surface area contributed by atoms with Crippen molar-refractivity contribution >= 4 is 54.3 Å². The maximum absolute atomic E-state index is 9.48. The predicted molar refractivity (Wildman–Crippen MR) is 183 cm³/mol. The monoisotopic (exact) mass is 572 g/mol. The van der Waals surface area contributed by atoms with Crippen LogP contribution in [0.1, 0.15) is 35.6 Å². The zero-order chi connectivity index (χ0) is 51.0. The SMILES string of the molecule is [2H]c1c([2H])c([2H])c(-c2c3c([2H])c([2H])c([2H])c([2H])c3c(-c3c([2H])c([2H])c([2H])c4c(-c5c([2H])c([2H])c6oc7c([2H])c([2H])c([2H])c([2H])c7c6c5[2H])c([2H])c([2H])c([2H])c34)c3c([2H])c([2H])c([2H])c([2H])c23)c([2H])c1[2H]. The van der Waals surface area contributed by atoms with Crippen LogP contribution in [0.25, 0.3) is 87.6 Å². The molecule has 0 radical (unpaired) electrons. The van der Waals surface area contributed by atoms with Gasteiger partial charge in [-0.2, -0.15) is 0 Å². The minimum absolute atomic E-state index is 0.406. The number of fused-ring (bicyclic) bond motifs is 6. The topological polar surface area (TPSA) is 13.1 Å². The van der Waals surface area contributed by atoms with Crippen LogP contribution in [0.15, 0.2) is 162 Å². The molecule has 0 fully saturated rings. The molecule has 0 aliphatic carbocycles. The van der Waals surface area contributed by atoms with E-state index in [0.29, 0.717) is 0 Å². The molecule has 9 aromatic rings. The molecular formula is C42H26O. The van der Waals surface area contributed by atoms with E-state index >= 15 is 0 Å². The molecule has 0 spiro atoms. The second kappa shape index (κ2) is 9.44. The van der Waals surface area contributed by atoms with Gasteiger partial charge in [0, 0.05) is 10.8 Å². The zero-order valence-corrected chi connectivity index (χ0v) is 21.4. The molecule has 1 nitrogen and oxygen atoms in total. The van der Waals surface area contributed by atoms with Crippen LogP contribution in [0, 0.1) is 0 Å². The van der Waals surface area contributed by atoms with Crippen LogP contribution in [0.4, 0.5) is 0 Å². The summed E-state index contributed by atoms with van der Waals surface area (Å²) in [5, 5.41) is -5.22. The van der Waals surface area contributed by atoms with Crippen LogP contribution in [-0.4, -0.2) is 0 Å². The molecule has 8 aromatic carbocycles. The molecule has 0 unspecified atom stereocenters. The Hall–Kier alpha value is -5.66. The molecule has 0 aliphatic rings. The van der Waals surface area contributed by atoms with Crippen LogP contribution >= 0.6 is 0 Å². The third-order valence-corrected chi connectivity index (χ3v) is 7.01. The van der Waals surface area contributed by atoms with Crippen molar-refractivity contribution in [1.29, 1.82) is 0 Å². The normalized spacial score (nSPS) is 20.2. The lowest BCUT2D eigenvalue weighted by Crippen LogP contribution is -1.92. The molecule has 1 aromatic heterocycles. The van der Waals surface area contributed by atoms with Crippen molar-refractivity contribution in [3.8, 4) is 33.4 Å². The summed E-state index contributed by atoms with van der Waals surface area (Å²) in [4.78, 5) is 0. The fraction of sp³-hybridized carbons (Fsp3) is 0. The number of para-hydroxylation sites is 1. The maximum Gasteiger partial charge on any atom is 0.135 e. The van der Waals surface area contributed by atoms with Crippen molar-refractivity contribution < 1.29 is 40.1 Å². The van der Waals surface area contributed by atoms with Gasteiger partial charge in [-0.1, -0.05) is 139 Å². The van der Waals surface area contributed by atoms with E-state index in [1.54, 1.807) is 0 Å². The molecule has 0 amide bonds. The van der Waals surface area contributed by atoms with Gasteiger partial charge in [-0.25, -0.2) is 0 Å². The number of hydrogen-bond donors (Lipinski definition) is 0. The van der Waals surface area contributed by atoms with Gasteiger partial charge in [0.25, 0.3) is 0 Å². The third-order valence-electron chi connectivity index (χ3n) is 7.01. The second-order valence-corrected chi connectivity index (χ2v) is 9.26. The van der Waals surface area contributed by atoms with Crippen LogP contribution in [0.2, 0.25) is 0 Å². The standard InChI is InChI=1S/C42H26O/c1-2-12-27(13-3-1)41-34-15-4-6-17-36(34)42(37-18-7-5-16-35(37)41)33-22-11-20-30-29(19-10-21-31(30)33)28-24-25-40-38(26-28)32-14-8-9-23-39(32)43-40/h1-26H/i1D,2D,3D,4D,5D,6D,7D,8D,9D,10D,11D,12D,13D,14D,15D,16D,17D,18D,19D,20D,21D,22D,23D,24D,25D,26D. The van der Waals surface area contributed by atoms with Gasteiger partial charge in [-0.15, -0.1) is 0 Å². The highest BCUT2D eigenvalue weighted by atomic mass is 16.3. The smallest absolute Gasteiger partial charge is 0.135 e. The first-order valence-corrected chi connectivity index (χ1v) is 12.7. The molecule has 1 heteroatoms. The Balaban J connectivity index is 1.63. The molecule has 43 heavy (non-hydrogen) atoms. The van der Waals surface area contributed by atoms with Crippen molar-refractivity contribution in [2.75, 3.05) is 0 Å². The molecule has 0 saturated heterocycles. The summed E-state index contributed by atoms with van der Waals surface area (Å²) in [5.74, 6) is 0. The van der Waals surface area contributed by atoms with Crippen molar-refractivity contribution in [3.63, 3.8) is 0 Å². The van der Waals surface area contributed by atoms with E-state index in [4.69, 9.17) is 25.0 Å². The van der Waals surface area contributed by atoms with E-state index < -0.39 is 245 Å². The summed E-state index contributed by atoms with van der Waals surface area (Å²) in [6.07, 6.45) is 0. The minimum Gasteiger partial charge on any atom is -0.456 e.